The van der Waals surface area contributed by atoms with Crippen molar-refractivity contribution in [2.24, 2.45) is 11.8 Å². The van der Waals surface area contributed by atoms with Gasteiger partial charge in [-0.05, 0) is 73.1 Å². The van der Waals surface area contributed by atoms with Gasteiger partial charge in [-0.2, -0.15) is 54.0 Å². The number of amides is 3. The predicted octanol–water partition coefficient (Wildman–Crippen LogP) is 7.27. The Morgan fingerprint density at radius 2 is 1.41 bits per heavy atom. The molecule has 2 bridgehead atoms. The van der Waals surface area contributed by atoms with Crippen LogP contribution in [-0.2, 0) is 20.7 Å². The summed E-state index contributed by atoms with van der Waals surface area (Å²) >= 11 is 0. The van der Waals surface area contributed by atoms with Crippen molar-refractivity contribution in [2.45, 2.75) is 83.8 Å². The smallest absolute Gasteiger partial charge is 0.407 e. The van der Waals surface area contributed by atoms with Crippen LogP contribution in [0.1, 0.15) is 88.6 Å². The quantitative estimate of drug-likeness (QED) is 0.188. The molecule has 294 valence electrons. The Labute approximate surface area is 346 Å². The van der Waals surface area contributed by atoms with Crippen molar-refractivity contribution < 1.29 is 19.1 Å². The van der Waals surface area contributed by atoms with Crippen LogP contribution in [-0.4, -0.2) is 73.9 Å². The molecule has 3 aliphatic heterocycles. The third-order valence-corrected chi connectivity index (χ3v) is 10.9. The Balaban J connectivity index is 0.00000196. The van der Waals surface area contributed by atoms with Crippen molar-refractivity contribution >= 4 is 71.9 Å². The summed E-state index contributed by atoms with van der Waals surface area (Å²) in [5.74, 6) is 2.01. The van der Waals surface area contributed by atoms with E-state index in [1.165, 1.54) is 7.11 Å². The SMILES string of the molecule is COC(=O)N[C@H]1CCCc2cc(-c3ccc(-c4cnc([C@@H]5CCCN5C(=O)[C@@H](C)C(C)C)[nH]4)cc3)ccc2-c2cnc([nH]2)[C@@H]2CCCN2C1=O.S.S.S.S. The van der Waals surface area contributed by atoms with Crippen molar-refractivity contribution in [3.8, 4) is 33.6 Å². The number of hydrogen-bond donors (Lipinski definition) is 3. The van der Waals surface area contributed by atoms with Gasteiger partial charge in [0.2, 0.25) is 11.8 Å². The summed E-state index contributed by atoms with van der Waals surface area (Å²) in [7, 11) is 1.32. The number of carbonyl (C=O) groups excluding carboxylic acids is 3. The molecule has 3 amide bonds. The van der Waals surface area contributed by atoms with Crippen molar-refractivity contribution in [3.05, 3.63) is 72.1 Å². The molecular weight excluding hydrogens is 759 g/mol. The molecule has 0 radical (unpaired) electrons. The molecule has 3 N–H and O–H groups in total. The Morgan fingerprint density at radius 3 is 2.11 bits per heavy atom. The highest BCUT2D eigenvalue weighted by Gasteiger charge is 2.37. The van der Waals surface area contributed by atoms with E-state index < -0.39 is 12.1 Å². The van der Waals surface area contributed by atoms with E-state index in [-0.39, 0.29) is 83.8 Å². The van der Waals surface area contributed by atoms with Gasteiger partial charge in [0.1, 0.15) is 17.7 Å². The summed E-state index contributed by atoms with van der Waals surface area (Å²) in [5, 5.41) is 2.79. The molecule has 2 fully saturated rings. The molecule has 0 spiro atoms. The van der Waals surface area contributed by atoms with Gasteiger partial charge in [0.15, 0.2) is 0 Å². The molecule has 4 aromatic rings. The van der Waals surface area contributed by atoms with Crippen LogP contribution >= 0.6 is 54.0 Å². The summed E-state index contributed by atoms with van der Waals surface area (Å²) < 4.78 is 4.86. The van der Waals surface area contributed by atoms with E-state index in [0.29, 0.717) is 25.3 Å². The van der Waals surface area contributed by atoms with E-state index in [9.17, 15) is 14.4 Å². The number of nitrogens with zero attached hydrogens (tertiary/aromatic N) is 4. The first-order chi connectivity index (χ1) is 24.2. The molecule has 11 nitrogen and oxygen atoms in total. The maximum absolute atomic E-state index is 13.7. The van der Waals surface area contributed by atoms with Gasteiger partial charge in [-0.15, -0.1) is 0 Å². The van der Waals surface area contributed by atoms with Gasteiger partial charge >= 0.3 is 6.09 Å². The third kappa shape index (κ3) is 9.11. The molecular formula is C39H55N7O4S4. The lowest BCUT2D eigenvalue weighted by Gasteiger charge is -2.28. The lowest BCUT2D eigenvalue weighted by Crippen LogP contribution is -2.48. The number of likely N-dealkylation sites (tertiary alicyclic amines) is 1. The molecule has 7 rings (SSSR count). The van der Waals surface area contributed by atoms with E-state index >= 15 is 0 Å². The maximum Gasteiger partial charge on any atom is 0.407 e. The van der Waals surface area contributed by atoms with Gasteiger partial charge in [-0.3, -0.25) is 9.59 Å². The highest BCUT2D eigenvalue weighted by atomic mass is 32.1. The van der Waals surface area contributed by atoms with Crippen LogP contribution in [0.3, 0.4) is 0 Å². The Morgan fingerprint density at radius 1 is 0.796 bits per heavy atom. The second-order valence-electron chi connectivity index (χ2n) is 14.3. The van der Waals surface area contributed by atoms with Gasteiger partial charge in [-0.25, -0.2) is 14.8 Å². The van der Waals surface area contributed by atoms with Crippen LogP contribution < -0.4 is 5.32 Å². The van der Waals surface area contributed by atoms with E-state index in [2.05, 4.69) is 71.6 Å². The predicted molar refractivity (Wildman–Crippen MR) is 232 cm³/mol. The van der Waals surface area contributed by atoms with Crippen LogP contribution in [0, 0.1) is 11.8 Å². The highest BCUT2D eigenvalue weighted by Crippen LogP contribution is 2.37. The van der Waals surface area contributed by atoms with Crippen LogP contribution in [0.4, 0.5) is 4.79 Å². The number of aromatic amines is 2. The number of hydrogen-bond acceptors (Lipinski definition) is 6. The molecule has 3 aliphatic rings. The fraction of sp³-hybridized carbons (Fsp3) is 0.462. The summed E-state index contributed by atoms with van der Waals surface area (Å²) in [6, 6.07) is 14.1. The normalized spacial score (nSPS) is 19.7. The number of imidazole rings is 2. The lowest BCUT2D eigenvalue weighted by atomic mass is 9.93. The molecule has 2 saturated heterocycles. The summed E-state index contributed by atoms with van der Waals surface area (Å²) in [6.07, 6.45) is 8.68. The number of benzene rings is 2. The zero-order valence-electron chi connectivity index (χ0n) is 31.4. The first kappa shape index (κ1) is 44.9. The Kier molecular flexibility index (Phi) is 16.1. The molecule has 2 aromatic heterocycles. The van der Waals surface area contributed by atoms with E-state index in [0.717, 1.165) is 89.5 Å². The first-order valence-electron chi connectivity index (χ1n) is 18.0. The van der Waals surface area contributed by atoms with Crippen molar-refractivity contribution in [1.29, 1.82) is 0 Å². The molecule has 0 unspecified atom stereocenters. The number of methoxy groups -OCH3 is 1. The van der Waals surface area contributed by atoms with Crippen LogP contribution in [0.5, 0.6) is 0 Å². The lowest BCUT2D eigenvalue weighted by molar-refractivity contribution is -0.137. The van der Waals surface area contributed by atoms with E-state index in [1.807, 2.05) is 29.1 Å². The number of ether oxygens (including phenoxy) is 1. The number of H-pyrrole nitrogens is 2. The number of nitrogens with one attached hydrogen (secondary N) is 3. The highest BCUT2D eigenvalue weighted by molar-refractivity contribution is 7.59. The fourth-order valence-corrected chi connectivity index (χ4v) is 7.71. The molecule has 2 aromatic carbocycles. The number of rotatable bonds is 6. The summed E-state index contributed by atoms with van der Waals surface area (Å²) in [4.78, 5) is 59.4. The molecule has 54 heavy (non-hydrogen) atoms. The second kappa shape index (κ2) is 19.4. The molecule has 5 heterocycles. The minimum atomic E-state index is -0.667. The van der Waals surface area contributed by atoms with Gasteiger partial charge in [0.25, 0.3) is 0 Å². The number of carbonyl (C=O) groups is 3. The molecule has 15 heteroatoms. The van der Waals surface area contributed by atoms with Gasteiger partial charge in [-0.1, -0.05) is 63.2 Å². The van der Waals surface area contributed by atoms with Crippen molar-refractivity contribution in [3.63, 3.8) is 0 Å². The standard InChI is InChI=1S/C39H47N7O4.4H2S/c1-23(2)24(3)37(47)45-18-6-10-33(45)35-40-21-31(42-35)26-14-12-25(13-15-26)27-16-17-29-28(20-27)8-5-9-30(44-39(49)50-4)38(48)46-19-7-11-34(46)36-41-22-32(29)43-36;;;;/h12-17,20-24,30,33-34H,5-11,18-19H2,1-4H3,(H,40,42)(H,41,43)(H,44,49);4*1H2/t24-,30-,33-,34-;;;;/m0..../s1. The number of alkyl carbamates (subject to hydrolysis) is 1. The summed E-state index contributed by atoms with van der Waals surface area (Å²) in [6.45, 7) is 7.63. The molecule has 4 atom stereocenters. The average Bonchev–Trinajstić information content (AvgIpc) is 3.96. The average molecular weight is 814 g/mol. The van der Waals surface area contributed by atoms with Crippen molar-refractivity contribution in [1.82, 2.24) is 35.1 Å². The third-order valence-electron chi connectivity index (χ3n) is 10.9. The van der Waals surface area contributed by atoms with Crippen LogP contribution in [0.15, 0.2) is 54.9 Å². The Bertz CT molecular complexity index is 1880. The monoisotopic (exact) mass is 813 g/mol. The van der Waals surface area contributed by atoms with E-state index in [1.54, 1.807) is 0 Å². The minimum absolute atomic E-state index is 0. The topological polar surface area (TPSA) is 136 Å². The fourth-order valence-electron chi connectivity index (χ4n) is 7.71. The van der Waals surface area contributed by atoms with Crippen LogP contribution in [0.25, 0.3) is 33.6 Å². The van der Waals surface area contributed by atoms with Gasteiger partial charge in [0.05, 0.1) is 43.0 Å². The van der Waals surface area contributed by atoms with Gasteiger partial charge < -0.3 is 29.8 Å². The molecule has 0 aliphatic carbocycles. The zero-order valence-corrected chi connectivity index (χ0v) is 35.4. The maximum atomic E-state index is 13.7. The molecule has 0 saturated carbocycles. The first-order valence-corrected chi connectivity index (χ1v) is 18.0. The van der Waals surface area contributed by atoms with Crippen molar-refractivity contribution in [2.75, 3.05) is 20.2 Å². The van der Waals surface area contributed by atoms with Gasteiger partial charge in [0, 0.05) is 24.6 Å². The van der Waals surface area contributed by atoms with Crippen LogP contribution in [0.2, 0.25) is 0 Å². The number of aryl methyl sites for hydroxylation is 1. The largest absolute Gasteiger partial charge is 0.453 e. The Hall–Kier alpha value is -3.53. The number of fused-ring (bicyclic) bond motifs is 6. The van der Waals surface area contributed by atoms with E-state index in [4.69, 9.17) is 14.7 Å². The summed E-state index contributed by atoms with van der Waals surface area (Å²) in [5.41, 5.74) is 7.32. The second-order valence-corrected chi connectivity index (χ2v) is 14.3. The zero-order chi connectivity index (χ0) is 34.9. The minimum Gasteiger partial charge on any atom is -0.453 e. The number of aromatic nitrogens is 4.